The summed E-state index contributed by atoms with van der Waals surface area (Å²) in [7, 11) is 0. The lowest BCUT2D eigenvalue weighted by atomic mass is 10.1. The van der Waals surface area contributed by atoms with Crippen LogP contribution in [-0.2, 0) is 0 Å². The van der Waals surface area contributed by atoms with Crippen molar-refractivity contribution in [3.63, 3.8) is 0 Å². The zero-order chi connectivity index (χ0) is 36.0. The number of aromatic nitrogens is 5. The van der Waals surface area contributed by atoms with Crippen LogP contribution in [0.4, 0.5) is 0 Å². The summed E-state index contributed by atoms with van der Waals surface area (Å²) >= 11 is 0. The smallest absolute Gasteiger partial charge is 0.236 e. The average Bonchev–Trinajstić information content (AvgIpc) is 3.90. The van der Waals surface area contributed by atoms with Gasteiger partial charge in [0, 0.05) is 49.3 Å². The SMILES string of the molecule is c1ccc(-c2nc(-n3c4ccccc4c4ccc5c6ccccc6n(-c6ccccc6)c5c43)nc3c4ccc5ccccc5c4n(-c4ccccc4)c23)cc1. The molecule has 0 atom stereocenters. The van der Waals surface area contributed by atoms with E-state index in [0.717, 1.165) is 77.4 Å². The standard InChI is InChI=1S/C50H31N5/c1-4-17-33(18-5-1)44-49-45(41-29-28-32-16-10-11-23-36(32)46(41)54(49)35-21-8-3-9-22-35)52-50(51-44)55-43-27-15-13-25-38(43)40-31-30-39-37-24-12-14-26-42(37)53(47(39)48(40)55)34-19-6-2-7-20-34/h1-31H. The Morgan fingerprint density at radius 3 is 1.49 bits per heavy atom. The highest BCUT2D eigenvalue weighted by atomic mass is 15.2. The minimum Gasteiger partial charge on any atom is -0.307 e. The summed E-state index contributed by atoms with van der Waals surface area (Å²) in [6, 6.07) is 66.9. The van der Waals surface area contributed by atoms with E-state index in [9.17, 15) is 0 Å². The highest BCUT2D eigenvalue weighted by Crippen LogP contribution is 2.44. The van der Waals surface area contributed by atoms with Gasteiger partial charge in [-0.1, -0.05) is 146 Å². The predicted octanol–water partition coefficient (Wildman–Crippen LogP) is 12.6. The van der Waals surface area contributed by atoms with E-state index >= 15 is 0 Å². The molecule has 0 fully saturated rings. The molecule has 12 aromatic rings. The minimum atomic E-state index is 0.634. The van der Waals surface area contributed by atoms with E-state index in [-0.39, 0.29) is 0 Å². The minimum absolute atomic E-state index is 0.634. The topological polar surface area (TPSA) is 40.6 Å². The second-order valence-electron chi connectivity index (χ2n) is 14.2. The molecular weight excluding hydrogens is 671 g/mol. The number of hydrogen-bond acceptors (Lipinski definition) is 2. The number of rotatable bonds is 4. The Bertz CT molecular complexity index is 3470. The van der Waals surface area contributed by atoms with Gasteiger partial charge in [0.25, 0.3) is 0 Å². The lowest BCUT2D eigenvalue weighted by Crippen LogP contribution is -2.06. The number of fused-ring (bicyclic) bond motifs is 12. The first-order chi connectivity index (χ1) is 27.3. The van der Waals surface area contributed by atoms with Crippen LogP contribution in [-0.4, -0.2) is 23.7 Å². The Labute approximate surface area is 315 Å². The van der Waals surface area contributed by atoms with Crippen LogP contribution in [0.15, 0.2) is 188 Å². The van der Waals surface area contributed by atoms with Crippen LogP contribution in [0.1, 0.15) is 0 Å². The van der Waals surface area contributed by atoms with Crippen LogP contribution in [0, 0.1) is 0 Å². The fraction of sp³-hybridized carbons (Fsp3) is 0. The van der Waals surface area contributed by atoms with E-state index in [2.05, 4.69) is 202 Å². The molecule has 55 heavy (non-hydrogen) atoms. The van der Waals surface area contributed by atoms with Crippen LogP contribution in [0.25, 0.3) is 105 Å². The molecule has 0 aliphatic carbocycles. The molecule has 256 valence electrons. The number of nitrogens with zero attached hydrogens (tertiary/aromatic N) is 5. The van der Waals surface area contributed by atoms with Gasteiger partial charge in [0.2, 0.25) is 5.95 Å². The maximum Gasteiger partial charge on any atom is 0.236 e. The van der Waals surface area contributed by atoms with Gasteiger partial charge in [0.05, 0.1) is 33.1 Å². The second kappa shape index (κ2) is 11.5. The van der Waals surface area contributed by atoms with Crippen LogP contribution >= 0.6 is 0 Å². The van der Waals surface area contributed by atoms with Crippen molar-refractivity contribution in [2.45, 2.75) is 0 Å². The molecule has 0 saturated carbocycles. The van der Waals surface area contributed by atoms with Crippen molar-refractivity contribution in [2.75, 3.05) is 0 Å². The molecule has 0 spiro atoms. The van der Waals surface area contributed by atoms with Crippen molar-refractivity contribution in [1.29, 1.82) is 0 Å². The zero-order valence-corrected chi connectivity index (χ0v) is 29.6. The zero-order valence-electron chi connectivity index (χ0n) is 29.6. The summed E-state index contributed by atoms with van der Waals surface area (Å²) in [5.41, 5.74) is 11.5. The summed E-state index contributed by atoms with van der Waals surface area (Å²) in [5, 5.41) is 8.16. The fourth-order valence-electron chi connectivity index (χ4n) is 8.93. The quantitative estimate of drug-likeness (QED) is 0.183. The summed E-state index contributed by atoms with van der Waals surface area (Å²) in [4.78, 5) is 11.3. The van der Waals surface area contributed by atoms with Gasteiger partial charge in [-0.2, -0.15) is 0 Å². The van der Waals surface area contributed by atoms with Gasteiger partial charge in [-0.25, -0.2) is 9.97 Å². The molecule has 0 saturated heterocycles. The predicted molar refractivity (Wildman–Crippen MR) is 228 cm³/mol. The van der Waals surface area contributed by atoms with Gasteiger partial charge in [-0.3, -0.25) is 4.57 Å². The molecule has 5 nitrogen and oxygen atoms in total. The number of benzene rings is 8. The summed E-state index contributed by atoms with van der Waals surface area (Å²) in [5.74, 6) is 0.634. The summed E-state index contributed by atoms with van der Waals surface area (Å²) in [6.45, 7) is 0. The van der Waals surface area contributed by atoms with Crippen LogP contribution in [0.5, 0.6) is 0 Å². The van der Waals surface area contributed by atoms with Crippen molar-refractivity contribution in [2.24, 2.45) is 0 Å². The van der Waals surface area contributed by atoms with Crippen LogP contribution < -0.4 is 0 Å². The first kappa shape index (κ1) is 30.0. The monoisotopic (exact) mass is 701 g/mol. The van der Waals surface area contributed by atoms with Crippen molar-refractivity contribution < 1.29 is 0 Å². The Balaban J connectivity index is 1.31. The van der Waals surface area contributed by atoms with E-state index < -0.39 is 0 Å². The highest BCUT2D eigenvalue weighted by molar-refractivity contribution is 6.24. The van der Waals surface area contributed by atoms with Gasteiger partial charge in [-0.15, -0.1) is 0 Å². The number of hydrogen-bond donors (Lipinski definition) is 0. The van der Waals surface area contributed by atoms with E-state index in [0.29, 0.717) is 5.95 Å². The lowest BCUT2D eigenvalue weighted by molar-refractivity contribution is 1.01. The molecule has 0 radical (unpaired) electrons. The molecule has 0 amide bonds. The summed E-state index contributed by atoms with van der Waals surface area (Å²) in [6.07, 6.45) is 0. The van der Waals surface area contributed by atoms with Gasteiger partial charge < -0.3 is 9.13 Å². The largest absolute Gasteiger partial charge is 0.307 e. The van der Waals surface area contributed by atoms with Crippen molar-refractivity contribution in [3.8, 4) is 28.6 Å². The summed E-state index contributed by atoms with van der Waals surface area (Å²) < 4.78 is 7.09. The molecule has 0 bridgehead atoms. The normalized spacial score (nSPS) is 12.0. The third-order valence-electron chi connectivity index (χ3n) is 11.2. The Kier molecular flexibility index (Phi) is 6.27. The molecule has 8 aromatic carbocycles. The maximum absolute atomic E-state index is 5.67. The average molecular weight is 702 g/mol. The Hall–Kier alpha value is -7.50. The first-order valence-corrected chi connectivity index (χ1v) is 18.7. The van der Waals surface area contributed by atoms with E-state index in [1.54, 1.807) is 0 Å². The highest BCUT2D eigenvalue weighted by Gasteiger charge is 2.26. The fourth-order valence-corrected chi connectivity index (χ4v) is 8.93. The van der Waals surface area contributed by atoms with Crippen LogP contribution in [0.2, 0.25) is 0 Å². The molecule has 0 unspecified atom stereocenters. The van der Waals surface area contributed by atoms with Crippen LogP contribution in [0.3, 0.4) is 0 Å². The van der Waals surface area contributed by atoms with Gasteiger partial charge in [0.1, 0.15) is 11.2 Å². The maximum atomic E-state index is 5.67. The first-order valence-electron chi connectivity index (χ1n) is 18.7. The van der Waals surface area contributed by atoms with Gasteiger partial charge >= 0.3 is 0 Å². The van der Waals surface area contributed by atoms with Crippen molar-refractivity contribution in [1.82, 2.24) is 23.7 Å². The Morgan fingerprint density at radius 1 is 0.309 bits per heavy atom. The second-order valence-corrected chi connectivity index (χ2v) is 14.2. The molecule has 5 heteroatoms. The van der Waals surface area contributed by atoms with Crippen molar-refractivity contribution >= 4 is 76.3 Å². The third kappa shape index (κ3) is 4.23. The van der Waals surface area contributed by atoms with E-state index in [1.807, 2.05) is 0 Å². The number of para-hydroxylation sites is 4. The van der Waals surface area contributed by atoms with E-state index in [4.69, 9.17) is 9.97 Å². The molecular formula is C50H31N5. The molecule has 4 heterocycles. The molecule has 0 aliphatic rings. The molecule has 12 rings (SSSR count). The van der Waals surface area contributed by atoms with Gasteiger partial charge in [0.15, 0.2) is 0 Å². The molecule has 4 aromatic heterocycles. The van der Waals surface area contributed by atoms with Crippen molar-refractivity contribution in [3.05, 3.63) is 188 Å². The molecule has 0 aliphatic heterocycles. The van der Waals surface area contributed by atoms with E-state index in [1.165, 1.54) is 21.5 Å². The Morgan fingerprint density at radius 2 is 0.818 bits per heavy atom. The van der Waals surface area contributed by atoms with Gasteiger partial charge in [-0.05, 0) is 47.9 Å². The lowest BCUT2D eigenvalue weighted by Gasteiger charge is -2.14. The molecule has 0 N–H and O–H groups in total. The third-order valence-corrected chi connectivity index (χ3v) is 11.2.